The summed E-state index contributed by atoms with van der Waals surface area (Å²) >= 11 is 1.30. The number of amides is 1. The number of benzene rings is 2. The second-order valence-electron chi connectivity index (χ2n) is 5.84. The maximum Gasteiger partial charge on any atom is 0.338 e. The highest BCUT2D eigenvalue weighted by Gasteiger charge is 2.12. The van der Waals surface area contributed by atoms with E-state index < -0.39 is 0 Å². The van der Waals surface area contributed by atoms with Gasteiger partial charge in [0.1, 0.15) is 5.75 Å². The van der Waals surface area contributed by atoms with Gasteiger partial charge in [-0.3, -0.25) is 10.1 Å². The minimum atomic E-state index is -0.347. The van der Waals surface area contributed by atoms with Crippen LogP contribution in [0.15, 0.2) is 48.5 Å². The molecule has 0 aliphatic carbocycles. The van der Waals surface area contributed by atoms with Crippen molar-refractivity contribution in [1.82, 2.24) is 4.98 Å². The van der Waals surface area contributed by atoms with Crippen molar-refractivity contribution in [3.05, 3.63) is 54.1 Å². The fourth-order valence-corrected chi connectivity index (χ4v) is 3.24. The van der Waals surface area contributed by atoms with E-state index in [0.29, 0.717) is 28.6 Å². The van der Waals surface area contributed by atoms with Gasteiger partial charge in [-0.25, -0.2) is 9.78 Å². The Kier molecular flexibility index (Phi) is 6.38. The Morgan fingerprint density at radius 1 is 1.15 bits per heavy atom. The number of hydrogen-bond acceptors (Lipinski definition) is 6. The molecule has 0 unspecified atom stereocenters. The van der Waals surface area contributed by atoms with Crippen LogP contribution in [-0.4, -0.2) is 30.1 Å². The van der Waals surface area contributed by atoms with Crippen molar-refractivity contribution in [3.8, 4) is 5.75 Å². The highest BCUT2D eigenvalue weighted by molar-refractivity contribution is 7.22. The first-order valence-corrected chi connectivity index (χ1v) is 9.53. The standard InChI is InChI=1S/C20H20N2O4S/c1-2-3-11-25-19(24)14-9-10-16-17(12-14)27-20(21-16)22-18(23)13-26-15-7-5-4-6-8-15/h4-10,12H,2-3,11,13H2,1H3,(H,21,22,23). The van der Waals surface area contributed by atoms with Crippen molar-refractivity contribution in [2.45, 2.75) is 19.8 Å². The molecule has 3 aromatic rings. The summed E-state index contributed by atoms with van der Waals surface area (Å²) in [5, 5.41) is 3.18. The molecule has 0 bridgehead atoms. The van der Waals surface area contributed by atoms with Crippen molar-refractivity contribution in [2.24, 2.45) is 0 Å². The molecule has 3 rings (SSSR count). The van der Waals surface area contributed by atoms with E-state index in [9.17, 15) is 9.59 Å². The Labute approximate surface area is 161 Å². The number of esters is 1. The van der Waals surface area contributed by atoms with Crippen LogP contribution in [0.25, 0.3) is 10.2 Å². The molecule has 0 aliphatic rings. The number of hydrogen-bond donors (Lipinski definition) is 1. The lowest BCUT2D eigenvalue weighted by Gasteiger charge is -2.04. The quantitative estimate of drug-likeness (QED) is 0.463. The highest BCUT2D eigenvalue weighted by atomic mass is 32.1. The van der Waals surface area contributed by atoms with Gasteiger partial charge < -0.3 is 9.47 Å². The number of nitrogens with one attached hydrogen (secondary N) is 1. The number of carbonyl (C=O) groups is 2. The molecule has 1 aromatic heterocycles. The molecular formula is C20H20N2O4S. The Morgan fingerprint density at radius 3 is 2.74 bits per heavy atom. The minimum absolute atomic E-state index is 0.102. The molecule has 1 heterocycles. The number of unbranched alkanes of at least 4 members (excludes halogenated alkanes) is 1. The van der Waals surface area contributed by atoms with Crippen LogP contribution in [0.3, 0.4) is 0 Å². The van der Waals surface area contributed by atoms with Gasteiger partial charge in [0.2, 0.25) is 0 Å². The van der Waals surface area contributed by atoms with Gasteiger partial charge in [-0.05, 0) is 36.8 Å². The van der Waals surface area contributed by atoms with E-state index in [2.05, 4.69) is 10.3 Å². The number of fused-ring (bicyclic) bond motifs is 1. The molecule has 27 heavy (non-hydrogen) atoms. The minimum Gasteiger partial charge on any atom is -0.484 e. The van der Waals surface area contributed by atoms with Crippen molar-refractivity contribution < 1.29 is 19.1 Å². The van der Waals surface area contributed by atoms with Gasteiger partial charge in [-0.1, -0.05) is 42.9 Å². The zero-order chi connectivity index (χ0) is 19.1. The number of ether oxygens (including phenoxy) is 2. The van der Waals surface area contributed by atoms with Crippen LogP contribution in [-0.2, 0) is 9.53 Å². The third-order valence-corrected chi connectivity index (χ3v) is 4.65. The zero-order valence-electron chi connectivity index (χ0n) is 14.9. The van der Waals surface area contributed by atoms with Crippen molar-refractivity contribution in [3.63, 3.8) is 0 Å². The molecule has 0 aliphatic heterocycles. The fraction of sp³-hybridized carbons (Fsp3) is 0.250. The average Bonchev–Trinajstić information content (AvgIpc) is 3.08. The van der Waals surface area contributed by atoms with Gasteiger partial charge in [0.15, 0.2) is 11.7 Å². The fourth-order valence-electron chi connectivity index (χ4n) is 2.32. The van der Waals surface area contributed by atoms with E-state index in [0.717, 1.165) is 17.5 Å². The van der Waals surface area contributed by atoms with E-state index in [1.54, 1.807) is 30.3 Å². The molecule has 1 N–H and O–H groups in total. The number of rotatable bonds is 8. The normalized spacial score (nSPS) is 10.6. The van der Waals surface area contributed by atoms with Crippen molar-refractivity contribution in [2.75, 3.05) is 18.5 Å². The predicted molar refractivity (Wildman–Crippen MR) is 105 cm³/mol. The molecule has 2 aromatic carbocycles. The number of anilines is 1. The molecule has 0 saturated heterocycles. The molecule has 1 amide bonds. The monoisotopic (exact) mass is 384 g/mol. The smallest absolute Gasteiger partial charge is 0.338 e. The van der Waals surface area contributed by atoms with Gasteiger partial charge in [-0.2, -0.15) is 0 Å². The Bertz CT molecular complexity index is 924. The third kappa shape index (κ3) is 5.27. The summed E-state index contributed by atoms with van der Waals surface area (Å²) in [6, 6.07) is 14.3. The van der Waals surface area contributed by atoms with Crippen LogP contribution >= 0.6 is 11.3 Å². The van der Waals surface area contributed by atoms with Gasteiger partial charge in [-0.15, -0.1) is 0 Å². The van der Waals surface area contributed by atoms with Crippen molar-refractivity contribution in [1.29, 1.82) is 0 Å². The van der Waals surface area contributed by atoms with Crippen LogP contribution < -0.4 is 10.1 Å². The summed E-state index contributed by atoms with van der Waals surface area (Å²) in [5.41, 5.74) is 1.19. The Morgan fingerprint density at radius 2 is 1.96 bits per heavy atom. The lowest BCUT2D eigenvalue weighted by Crippen LogP contribution is -2.19. The molecular weight excluding hydrogens is 364 g/mol. The molecule has 6 nitrogen and oxygen atoms in total. The van der Waals surface area contributed by atoms with Gasteiger partial charge >= 0.3 is 5.97 Å². The molecule has 0 fully saturated rings. The largest absolute Gasteiger partial charge is 0.484 e. The SMILES string of the molecule is CCCCOC(=O)c1ccc2nc(NC(=O)COc3ccccc3)sc2c1. The molecule has 0 radical (unpaired) electrons. The van der Waals surface area contributed by atoms with Gasteiger partial charge in [0.05, 0.1) is 22.4 Å². The van der Waals surface area contributed by atoms with E-state index >= 15 is 0 Å². The highest BCUT2D eigenvalue weighted by Crippen LogP contribution is 2.27. The number of para-hydroxylation sites is 1. The molecule has 0 atom stereocenters. The maximum absolute atomic E-state index is 12.0. The van der Waals surface area contributed by atoms with Crippen LogP contribution in [0.5, 0.6) is 5.75 Å². The summed E-state index contributed by atoms with van der Waals surface area (Å²) < 4.78 is 11.4. The van der Waals surface area contributed by atoms with Gasteiger partial charge in [0.25, 0.3) is 5.91 Å². The van der Waals surface area contributed by atoms with Crippen LogP contribution in [0, 0.1) is 0 Å². The topological polar surface area (TPSA) is 77.5 Å². The van der Waals surface area contributed by atoms with Crippen LogP contribution in [0.4, 0.5) is 5.13 Å². The average molecular weight is 384 g/mol. The molecule has 0 saturated carbocycles. The Hall–Kier alpha value is -2.93. The maximum atomic E-state index is 12.0. The van der Waals surface area contributed by atoms with Crippen LogP contribution in [0.1, 0.15) is 30.1 Å². The number of thiazole rings is 1. The lowest BCUT2D eigenvalue weighted by molar-refractivity contribution is -0.118. The third-order valence-electron chi connectivity index (χ3n) is 3.71. The summed E-state index contributed by atoms with van der Waals surface area (Å²) in [6.07, 6.45) is 1.81. The number of nitrogens with zero attached hydrogens (tertiary/aromatic N) is 1. The summed E-state index contributed by atoms with van der Waals surface area (Å²) in [7, 11) is 0. The Balaban J connectivity index is 1.60. The van der Waals surface area contributed by atoms with Crippen LogP contribution in [0.2, 0.25) is 0 Å². The first-order chi connectivity index (χ1) is 13.2. The number of aromatic nitrogens is 1. The predicted octanol–water partition coefficient (Wildman–Crippen LogP) is 4.27. The molecule has 140 valence electrons. The molecule has 0 spiro atoms. The van der Waals surface area contributed by atoms with Gasteiger partial charge in [0, 0.05) is 0 Å². The van der Waals surface area contributed by atoms with E-state index in [1.165, 1.54) is 11.3 Å². The second-order valence-corrected chi connectivity index (χ2v) is 6.87. The van der Waals surface area contributed by atoms with E-state index in [-0.39, 0.29) is 18.5 Å². The summed E-state index contributed by atoms with van der Waals surface area (Å²) in [4.78, 5) is 28.4. The zero-order valence-corrected chi connectivity index (χ0v) is 15.8. The van der Waals surface area contributed by atoms with E-state index in [4.69, 9.17) is 9.47 Å². The van der Waals surface area contributed by atoms with Crippen molar-refractivity contribution >= 4 is 38.6 Å². The summed E-state index contributed by atoms with van der Waals surface area (Å²) in [6.45, 7) is 2.35. The summed E-state index contributed by atoms with van der Waals surface area (Å²) in [5.74, 6) is -0.0131. The number of carbonyl (C=O) groups excluding carboxylic acids is 2. The van der Waals surface area contributed by atoms with E-state index in [1.807, 2.05) is 25.1 Å². The lowest BCUT2D eigenvalue weighted by atomic mass is 10.2. The second kappa shape index (κ2) is 9.14. The molecule has 7 heteroatoms. The first-order valence-electron chi connectivity index (χ1n) is 8.71. The first kappa shape index (κ1) is 18.8.